The molecular formula is C9H9Cl3O. The summed E-state index contributed by atoms with van der Waals surface area (Å²) in [5, 5.41) is 9.21. The highest BCUT2D eigenvalue weighted by Crippen LogP contribution is 2.40. The fourth-order valence-corrected chi connectivity index (χ4v) is 1.70. The lowest BCUT2D eigenvalue weighted by Gasteiger charge is -2.15. The Morgan fingerprint density at radius 2 is 1.92 bits per heavy atom. The molecule has 0 atom stereocenters. The van der Waals surface area contributed by atoms with Gasteiger partial charge in [-0.15, -0.1) is 0 Å². The van der Waals surface area contributed by atoms with Gasteiger partial charge in [-0.1, -0.05) is 47.8 Å². The molecule has 0 spiro atoms. The number of benzene rings is 1. The van der Waals surface area contributed by atoms with E-state index in [2.05, 4.69) is 0 Å². The van der Waals surface area contributed by atoms with Gasteiger partial charge in [0.1, 0.15) is 5.75 Å². The molecule has 1 rings (SSSR count). The van der Waals surface area contributed by atoms with Gasteiger partial charge in [-0.25, -0.2) is 0 Å². The lowest BCUT2D eigenvalue weighted by atomic mass is 10.1. The van der Waals surface area contributed by atoms with Gasteiger partial charge >= 0.3 is 0 Å². The normalized spacial score (nSPS) is 11.7. The third-order valence-electron chi connectivity index (χ3n) is 1.78. The van der Waals surface area contributed by atoms with Crippen LogP contribution in [0.2, 0.25) is 0 Å². The molecule has 0 saturated carbocycles. The number of hydrogen-bond donors (Lipinski definition) is 1. The Morgan fingerprint density at radius 1 is 1.31 bits per heavy atom. The number of rotatable bonds is 1. The highest BCUT2D eigenvalue weighted by Gasteiger charge is 2.25. The molecule has 0 saturated heterocycles. The summed E-state index contributed by atoms with van der Waals surface area (Å²) >= 11 is 17.2. The standard InChI is InChI=1S/C9H9Cl3O/c1-2-6-5-7(13)3-4-8(6)9(10,11)12/h3-5,13H,2H2,1H3. The van der Waals surface area contributed by atoms with Crippen molar-refractivity contribution in [1.82, 2.24) is 0 Å². The van der Waals surface area contributed by atoms with Crippen molar-refractivity contribution < 1.29 is 5.11 Å². The first-order chi connectivity index (χ1) is 5.95. The fraction of sp³-hybridized carbons (Fsp3) is 0.333. The second kappa shape index (κ2) is 3.95. The van der Waals surface area contributed by atoms with Crippen molar-refractivity contribution in [3.63, 3.8) is 0 Å². The molecule has 0 aliphatic rings. The first-order valence-corrected chi connectivity index (χ1v) is 4.97. The van der Waals surface area contributed by atoms with Gasteiger partial charge in [0, 0.05) is 5.56 Å². The van der Waals surface area contributed by atoms with E-state index in [1.54, 1.807) is 12.1 Å². The van der Waals surface area contributed by atoms with Crippen LogP contribution in [-0.4, -0.2) is 5.11 Å². The summed E-state index contributed by atoms with van der Waals surface area (Å²) < 4.78 is -1.42. The average molecular weight is 240 g/mol. The Kier molecular flexibility index (Phi) is 3.33. The summed E-state index contributed by atoms with van der Waals surface area (Å²) in [7, 11) is 0. The fourth-order valence-electron chi connectivity index (χ4n) is 1.15. The second-order valence-electron chi connectivity index (χ2n) is 2.69. The Labute approximate surface area is 92.2 Å². The van der Waals surface area contributed by atoms with Gasteiger partial charge in [-0.05, 0) is 24.1 Å². The molecule has 0 amide bonds. The maximum atomic E-state index is 9.21. The van der Waals surface area contributed by atoms with Crippen molar-refractivity contribution >= 4 is 34.8 Å². The largest absolute Gasteiger partial charge is 0.508 e. The summed E-state index contributed by atoms with van der Waals surface area (Å²) in [5.41, 5.74) is 1.47. The third-order valence-corrected chi connectivity index (χ3v) is 2.39. The molecule has 72 valence electrons. The highest BCUT2D eigenvalue weighted by atomic mass is 35.6. The lowest BCUT2D eigenvalue weighted by Crippen LogP contribution is -2.04. The Morgan fingerprint density at radius 3 is 2.38 bits per heavy atom. The van der Waals surface area contributed by atoms with Gasteiger partial charge < -0.3 is 5.11 Å². The van der Waals surface area contributed by atoms with Crippen LogP contribution in [0.25, 0.3) is 0 Å². The predicted octanol–water partition coefficient (Wildman–Crippen LogP) is 3.78. The summed E-state index contributed by atoms with van der Waals surface area (Å²) in [4.78, 5) is 0. The zero-order valence-electron chi connectivity index (χ0n) is 7.02. The van der Waals surface area contributed by atoms with Crippen LogP contribution in [0.3, 0.4) is 0 Å². The van der Waals surface area contributed by atoms with E-state index >= 15 is 0 Å². The van der Waals surface area contributed by atoms with E-state index in [0.717, 1.165) is 12.0 Å². The van der Waals surface area contributed by atoms with Gasteiger partial charge in [-0.2, -0.15) is 0 Å². The number of aryl methyl sites for hydroxylation is 1. The molecule has 0 fully saturated rings. The molecular weight excluding hydrogens is 230 g/mol. The maximum absolute atomic E-state index is 9.21. The molecule has 1 aromatic rings. The van der Waals surface area contributed by atoms with Crippen molar-refractivity contribution in [3.05, 3.63) is 29.3 Å². The molecule has 0 aliphatic heterocycles. The minimum absolute atomic E-state index is 0.190. The van der Waals surface area contributed by atoms with Gasteiger partial charge in [-0.3, -0.25) is 0 Å². The van der Waals surface area contributed by atoms with Crippen molar-refractivity contribution in [2.45, 2.75) is 17.1 Å². The van der Waals surface area contributed by atoms with Crippen molar-refractivity contribution in [3.8, 4) is 5.75 Å². The van der Waals surface area contributed by atoms with Gasteiger partial charge in [0.25, 0.3) is 0 Å². The number of halogens is 3. The summed E-state index contributed by atoms with van der Waals surface area (Å²) in [5.74, 6) is 0.190. The van der Waals surface area contributed by atoms with Crippen LogP contribution in [0.5, 0.6) is 5.75 Å². The number of hydrogen-bond acceptors (Lipinski definition) is 1. The van der Waals surface area contributed by atoms with E-state index in [-0.39, 0.29) is 5.75 Å². The van der Waals surface area contributed by atoms with E-state index in [4.69, 9.17) is 34.8 Å². The van der Waals surface area contributed by atoms with E-state index in [9.17, 15) is 5.11 Å². The van der Waals surface area contributed by atoms with Crippen LogP contribution >= 0.6 is 34.8 Å². The number of alkyl halides is 3. The maximum Gasteiger partial charge on any atom is 0.216 e. The number of phenols is 1. The van der Waals surface area contributed by atoms with Crippen molar-refractivity contribution in [2.75, 3.05) is 0 Å². The van der Waals surface area contributed by atoms with Crippen LogP contribution in [0.15, 0.2) is 18.2 Å². The molecule has 0 heterocycles. The third kappa shape index (κ3) is 2.67. The molecule has 0 radical (unpaired) electrons. The van der Waals surface area contributed by atoms with E-state index in [0.29, 0.717) is 5.56 Å². The first kappa shape index (κ1) is 11.0. The first-order valence-electron chi connectivity index (χ1n) is 3.84. The molecule has 1 nitrogen and oxygen atoms in total. The van der Waals surface area contributed by atoms with Crippen molar-refractivity contribution in [2.24, 2.45) is 0 Å². The Hall–Kier alpha value is -0.110. The monoisotopic (exact) mass is 238 g/mol. The molecule has 1 aromatic carbocycles. The van der Waals surface area contributed by atoms with Crippen LogP contribution in [0.4, 0.5) is 0 Å². The Bertz CT molecular complexity index is 304. The lowest BCUT2D eigenvalue weighted by molar-refractivity contribution is 0.474. The zero-order chi connectivity index (χ0) is 10.1. The smallest absolute Gasteiger partial charge is 0.216 e. The zero-order valence-corrected chi connectivity index (χ0v) is 9.29. The van der Waals surface area contributed by atoms with Gasteiger partial charge in [0.05, 0.1) is 0 Å². The second-order valence-corrected chi connectivity index (χ2v) is 4.97. The minimum atomic E-state index is -1.42. The summed E-state index contributed by atoms with van der Waals surface area (Å²) in [6.07, 6.45) is 0.720. The molecule has 0 aliphatic carbocycles. The SMILES string of the molecule is CCc1cc(O)ccc1C(Cl)(Cl)Cl. The quantitative estimate of drug-likeness (QED) is 0.740. The average Bonchev–Trinajstić information content (AvgIpc) is 2.01. The van der Waals surface area contributed by atoms with Gasteiger partial charge in [0.15, 0.2) is 0 Å². The van der Waals surface area contributed by atoms with E-state index < -0.39 is 3.79 Å². The summed E-state index contributed by atoms with van der Waals surface area (Å²) in [6, 6.07) is 4.74. The predicted molar refractivity (Wildman–Crippen MR) is 56.7 cm³/mol. The molecule has 13 heavy (non-hydrogen) atoms. The Balaban J connectivity index is 3.22. The molecule has 0 aromatic heterocycles. The van der Waals surface area contributed by atoms with Crippen LogP contribution in [-0.2, 0) is 10.2 Å². The van der Waals surface area contributed by atoms with Crippen LogP contribution in [0, 0.1) is 0 Å². The number of phenolic OH excluding ortho intramolecular Hbond substituents is 1. The minimum Gasteiger partial charge on any atom is -0.508 e. The molecule has 1 N–H and O–H groups in total. The van der Waals surface area contributed by atoms with E-state index in [1.807, 2.05) is 6.92 Å². The number of aromatic hydroxyl groups is 1. The topological polar surface area (TPSA) is 20.2 Å². The molecule has 0 unspecified atom stereocenters. The van der Waals surface area contributed by atoms with E-state index in [1.165, 1.54) is 6.07 Å². The molecule has 4 heteroatoms. The van der Waals surface area contributed by atoms with Gasteiger partial charge in [0.2, 0.25) is 3.79 Å². The van der Waals surface area contributed by atoms with Crippen molar-refractivity contribution in [1.29, 1.82) is 0 Å². The highest BCUT2D eigenvalue weighted by molar-refractivity contribution is 6.66. The van der Waals surface area contributed by atoms with Crippen LogP contribution in [0.1, 0.15) is 18.1 Å². The van der Waals surface area contributed by atoms with Crippen LogP contribution < -0.4 is 0 Å². The summed E-state index contributed by atoms with van der Waals surface area (Å²) in [6.45, 7) is 1.94. The molecule has 0 bridgehead atoms.